The number of hydrogen-bond donors (Lipinski definition) is 1. The minimum Gasteiger partial charge on any atom is -0.463 e. The largest absolute Gasteiger partial charge is 0.463 e. The van der Waals surface area contributed by atoms with Crippen LogP contribution in [-0.2, 0) is 38.1 Å². The van der Waals surface area contributed by atoms with Gasteiger partial charge < -0.3 is 28.8 Å². The molecule has 0 aromatic rings. The van der Waals surface area contributed by atoms with Gasteiger partial charge >= 0.3 is 17.9 Å². The smallest absolute Gasteiger partial charge is 0.333 e. The van der Waals surface area contributed by atoms with Gasteiger partial charge in [0.1, 0.15) is 23.4 Å². The van der Waals surface area contributed by atoms with Crippen LogP contribution in [0.15, 0.2) is 24.3 Å². The maximum absolute atomic E-state index is 13.1. The molecule has 4 aliphatic heterocycles. The number of hydrogen-bond acceptors (Lipinski definition) is 9. The van der Waals surface area contributed by atoms with E-state index in [0.29, 0.717) is 30.4 Å². The van der Waals surface area contributed by atoms with Crippen molar-refractivity contribution in [2.75, 3.05) is 13.2 Å². The van der Waals surface area contributed by atoms with E-state index in [1.165, 1.54) is 6.92 Å². The Morgan fingerprint density at radius 1 is 0.814 bits per heavy atom. The fourth-order valence-electron chi connectivity index (χ4n) is 10.1. The summed E-state index contributed by atoms with van der Waals surface area (Å²) in [4.78, 5) is 37.6. The summed E-state index contributed by atoms with van der Waals surface area (Å²) in [5.74, 6) is -0.935. The molecule has 9 atom stereocenters. The van der Waals surface area contributed by atoms with Crippen LogP contribution in [0.1, 0.15) is 97.8 Å². The molecule has 4 saturated heterocycles. The van der Waals surface area contributed by atoms with E-state index in [1.54, 1.807) is 13.8 Å². The number of carbonyl (C=O) groups excluding carboxylic acids is 3. The van der Waals surface area contributed by atoms with Crippen LogP contribution < -0.4 is 0 Å². The van der Waals surface area contributed by atoms with Crippen LogP contribution in [0.2, 0.25) is 0 Å². The lowest BCUT2D eigenvalue weighted by molar-refractivity contribution is -0.179. The predicted octanol–water partition coefficient (Wildman–Crippen LogP) is 4.73. The molecule has 6 fully saturated rings. The number of rotatable bonds is 10. The lowest BCUT2D eigenvalue weighted by atomic mass is 9.63. The number of ether oxygens (including phenoxy) is 5. The lowest BCUT2D eigenvalue weighted by Crippen LogP contribution is -2.54. The molecule has 4 bridgehead atoms. The van der Waals surface area contributed by atoms with Crippen LogP contribution in [0.4, 0.5) is 0 Å². The molecular formula is C34H48O9. The minimum atomic E-state index is -0.780. The molecule has 9 unspecified atom stereocenters. The van der Waals surface area contributed by atoms with Crippen molar-refractivity contribution >= 4 is 17.9 Å². The molecule has 2 aliphatic carbocycles. The average molecular weight is 601 g/mol. The SMILES string of the molecule is C=C(C)C(=O)OC1(C2CC3(CO)OC2CC3C2CCC(OC(=O)C(=C)C)(C3CC4CCC3(COC(C)=O)O4)C2)CCCC1. The highest BCUT2D eigenvalue weighted by atomic mass is 16.6. The fraction of sp³-hybridized carbons (Fsp3) is 0.794. The third-order valence-corrected chi connectivity index (χ3v) is 11.9. The lowest BCUT2D eigenvalue weighted by Gasteiger charge is -2.45. The standard InChI is InChI=1S/C34H48O9/c1-20(2)29(37)42-31(10-6-7-11-31)26-17-34(18-35)25(15-27(26)41-34)23-8-12-32(16-23,43-30(38)21(3)4)28-14-24-9-13-33(28,40-24)19-39-22(5)36/h23-28,35H,1,3,6-19H2,2,4-5H3. The van der Waals surface area contributed by atoms with Gasteiger partial charge in [-0.05, 0) is 103 Å². The second-order valence-corrected chi connectivity index (χ2v) is 14.6. The van der Waals surface area contributed by atoms with Crippen LogP contribution in [0.25, 0.3) is 0 Å². The molecule has 6 aliphatic rings. The minimum absolute atomic E-state index is 0.0278. The Kier molecular flexibility index (Phi) is 7.86. The highest BCUT2D eigenvalue weighted by molar-refractivity contribution is 5.87. The Morgan fingerprint density at radius 3 is 2.09 bits per heavy atom. The summed E-state index contributed by atoms with van der Waals surface area (Å²) in [6.07, 6.45) is 9.52. The summed E-state index contributed by atoms with van der Waals surface area (Å²) in [7, 11) is 0. The van der Waals surface area contributed by atoms with Gasteiger partial charge in [0.2, 0.25) is 0 Å². The van der Waals surface area contributed by atoms with Gasteiger partial charge in [0.05, 0.1) is 24.4 Å². The van der Waals surface area contributed by atoms with Crippen LogP contribution in [-0.4, -0.2) is 70.8 Å². The highest BCUT2D eigenvalue weighted by Crippen LogP contribution is 2.64. The zero-order valence-corrected chi connectivity index (χ0v) is 26.0. The zero-order valence-electron chi connectivity index (χ0n) is 26.0. The number of carbonyl (C=O) groups is 3. The quantitative estimate of drug-likeness (QED) is 0.216. The van der Waals surface area contributed by atoms with Crippen LogP contribution in [0.5, 0.6) is 0 Å². The van der Waals surface area contributed by atoms with E-state index in [9.17, 15) is 19.5 Å². The number of esters is 3. The van der Waals surface area contributed by atoms with Gasteiger partial charge in [0, 0.05) is 29.9 Å². The summed E-state index contributed by atoms with van der Waals surface area (Å²) in [6, 6.07) is 0. The van der Waals surface area contributed by atoms with Crippen molar-refractivity contribution in [2.45, 2.75) is 132 Å². The summed E-state index contributed by atoms with van der Waals surface area (Å²) >= 11 is 0. The molecule has 0 aromatic carbocycles. The molecular weight excluding hydrogens is 552 g/mol. The highest BCUT2D eigenvalue weighted by Gasteiger charge is 2.69. The third-order valence-electron chi connectivity index (χ3n) is 11.9. The van der Waals surface area contributed by atoms with Crippen LogP contribution in [0.3, 0.4) is 0 Å². The first-order valence-electron chi connectivity index (χ1n) is 16.2. The van der Waals surface area contributed by atoms with E-state index in [1.807, 2.05) is 0 Å². The van der Waals surface area contributed by atoms with E-state index in [0.717, 1.165) is 57.8 Å². The predicted molar refractivity (Wildman–Crippen MR) is 156 cm³/mol. The molecule has 6 rings (SSSR count). The molecule has 43 heavy (non-hydrogen) atoms. The van der Waals surface area contributed by atoms with Crippen molar-refractivity contribution in [2.24, 2.45) is 23.7 Å². The van der Waals surface area contributed by atoms with Gasteiger partial charge in [-0.25, -0.2) is 9.59 Å². The Balaban J connectivity index is 1.25. The van der Waals surface area contributed by atoms with Gasteiger partial charge in [-0.2, -0.15) is 0 Å². The summed E-state index contributed by atoms with van der Waals surface area (Å²) < 4.78 is 31.3. The normalized spacial score (nSPS) is 42.2. The summed E-state index contributed by atoms with van der Waals surface area (Å²) in [5, 5.41) is 10.9. The number of aliphatic hydroxyl groups is 1. The van der Waals surface area contributed by atoms with E-state index >= 15 is 0 Å². The number of fused-ring (bicyclic) bond motifs is 4. The first-order chi connectivity index (χ1) is 20.4. The van der Waals surface area contributed by atoms with E-state index in [2.05, 4.69) is 13.2 Å². The third kappa shape index (κ3) is 5.07. The Morgan fingerprint density at radius 2 is 1.49 bits per heavy atom. The summed E-state index contributed by atoms with van der Waals surface area (Å²) in [6.45, 7) is 12.4. The molecule has 0 spiro atoms. The van der Waals surface area contributed by atoms with Crippen molar-refractivity contribution in [1.29, 1.82) is 0 Å². The molecule has 1 N–H and O–H groups in total. The van der Waals surface area contributed by atoms with Crippen LogP contribution in [0, 0.1) is 23.7 Å². The van der Waals surface area contributed by atoms with Gasteiger partial charge in [-0.3, -0.25) is 4.79 Å². The molecule has 0 amide bonds. The first-order valence-corrected chi connectivity index (χ1v) is 16.2. The molecule has 4 heterocycles. The van der Waals surface area contributed by atoms with Gasteiger partial charge in [0.15, 0.2) is 0 Å². The second kappa shape index (κ2) is 11.0. The van der Waals surface area contributed by atoms with Gasteiger partial charge in [-0.15, -0.1) is 0 Å². The van der Waals surface area contributed by atoms with Gasteiger partial charge in [-0.1, -0.05) is 13.2 Å². The maximum Gasteiger partial charge on any atom is 0.333 e. The first kappa shape index (κ1) is 30.8. The van der Waals surface area contributed by atoms with E-state index < -0.39 is 28.4 Å². The van der Waals surface area contributed by atoms with E-state index in [4.69, 9.17) is 23.7 Å². The fourth-order valence-corrected chi connectivity index (χ4v) is 10.1. The van der Waals surface area contributed by atoms with E-state index in [-0.39, 0.29) is 61.0 Å². The average Bonchev–Trinajstić information content (AvgIpc) is 3.81. The summed E-state index contributed by atoms with van der Waals surface area (Å²) in [5.41, 5.74) is -2.01. The zero-order chi connectivity index (χ0) is 30.8. The van der Waals surface area contributed by atoms with Crippen molar-refractivity contribution < 1.29 is 43.2 Å². The van der Waals surface area contributed by atoms with Gasteiger partial charge in [0.25, 0.3) is 0 Å². The maximum atomic E-state index is 13.1. The topological polar surface area (TPSA) is 118 Å². The Labute approximate surface area is 254 Å². The monoisotopic (exact) mass is 600 g/mol. The van der Waals surface area contributed by atoms with Crippen molar-refractivity contribution in [3.05, 3.63) is 24.3 Å². The van der Waals surface area contributed by atoms with Crippen molar-refractivity contribution in [1.82, 2.24) is 0 Å². The molecule has 2 saturated carbocycles. The van der Waals surface area contributed by atoms with Crippen molar-refractivity contribution in [3.63, 3.8) is 0 Å². The van der Waals surface area contributed by atoms with Crippen LogP contribution >= 0.6 is 0 Å². The molecule has 0 radical (unpaired) electrons. The molecule has 0 aromatic heterocycles. The van der Waals surface area contributed by atoms with Crippen molar-refractivity contribution in [3.8, 4) is 0 Å². The molecule has 9 nitrogen and oxygen atoms in total. The molecule has 9 heteroatoms. The second-order valence-electron chi connectivity index (χ2n) is 14.6. The Bertz CT molecular complexity index is 1190. The molecule has 238 valence electrons. The Hall–Kier alpha value is -2.23. The number of aliphatic hydroxyl groups excluding tert-OH is 1.